The van der Waals surface area contributed by atoms with Gasteiger partial charge in [-0.2, -0.15) is 0 Å². The van der Waals surface area contributed by atoms with Gasteiger partial charge in [0, 0.05) is 0 Å². The fraction of sp³-hybridized carbons (Fsp3) is 0. The first-order chi connectivity index (χ1) is 3.18. The van der Waals surface area contributed by atoms with E-state index in [9.17, 15) is 4.79 Å². The number of carbonyl (C=O) groups is 1. The summed E-state index contributed by atoms with van der Waals surface area (Å²) in [5.74, 6) is -1.14. The second-order valence-electron chi connectivity index (χ2n) is 0.890. The Morgan fingerprint density at radius 1 is 1.86 bits per heavy atom. The van der Waals surface area contributed by atoms with E-state index in [1.807, 2.05) is 0 Å². The molecule has 0 bridgehead atoms. The van der Waals surface area contributed by atoms with Gasteiger partial charge in [0.05, 0.1) is 0 Å². The Labute approximate surface area is 46.2 Å². The second kappa shape index (κ2) is 2.52. The zero-order chi connectivity index (χ0) is 5.86. The molecular formula is C3H5NO2S. The van der Waals surface area contributed by atoms with Crippen LogP contribution in [0.4, 0.5) is 0 Å². The van der Waals surface area contributed by atoms with Crippen LogP contribution in [-0.4, -0.2) is 11.1 Å². The summed E-state index contributed by atoms with van der Waals surface area (Å²) in [4.78, 5) is 9.69. The van der Waals surface area contributed by atoms with Crippen LogP contribution in [0.5, 0.6) is 0 Å². The van der Waals surface area contributed by atoms with E-state index in [2.05, 4.69) is 12.6 Å². The van der Waals surface area contributed by atoms with Gasteiger partial charge in [0.2, 0.25) is 0 Å². The Bertz CT molecular complexity index is 110. The molecule has 0 aromatic rings. The minimum Gasteiger partial charge on any atom is -0.477 e. The molecule has 7 heavy (non-hydrogen) atoms. The molecule has 0 radical (unpaired) electrons. The summed E-state index contributed by atoms with van der Waals surface area (Å²) in [7, 11) is 0. The highest BCUT2D eigenvalue weighted by Crippen LogP contribution is 1.83. The summed E-state index contributed by atoms with van der Waals surface area (Å²) in [6.07, 6.45) is 0. The van der Waals surface area contributed by atoms with E-state index in [1.54, 1.807) is 0 Å². The van der Waals surface area contributed by atoms with Crippen molar-refractivity contribution in [2.24, 2.45) is 5.73 Å². The zero-order valence-corrected chi connectivity index (χ0v) is 4.35. The van der Waals surface area contributed by atoms with Crippen LogP contribution in [0.15, 0.2) is 11.1 Å². The van der Waals surface area contributed by atoms with Gasteiger partial charge in [-0.05, 0) is 5.41 Å². The Balaban J connectivity index is 3.82. The van der Waals surface area contributed by atoms with Gasteiger partial charge < -0.3 is 10.8 Å². The summed E-state index contributed by atoms with van der Waals surface area (Å²) in [6.45, 7) is 0. The lowest BCUT2D eigenvalue weighted by molar-refractivity contribution is -0.132. The molecule has 0 amide bonds. The molecule has 40 valence electrons. The first-order valence-corrected chi connectivity index (χ1v) is 2.03. The SMILES string of the molecule is NC(=CS)C(=O)O. The number of thiol groups is 1. The fourth-order valence-electron chi connectivity index (χ4n) is 0.0552. The third-order valence-electron chi connectivity index (χ3n) is 0.386. The quantitative estimate of drug-likeness (QED) is 0.331. The van der Waals surface area contributed by atoms with Crippen LogP contribution in [0.1, 0.15) is 0 Å². The van der Waals surface area contributed by atoms with Gasteiger partial charge in [0.25, 0.3) is 0 Å². The Hall–Kier alpha value is -0.640. The van der Waals surface area contributed by atoms with Gasteiger partial charge in [0.15, 0.2) is 0 Å². The minimum atomic E-state index is -1.14. The summed E-state index contributed by atoms with van der Waals surface area (Å²) < 4.78 is 0. The van der Waals surface area contributed by atoms with E-state index in [1.165, 1.54) is 0 Å². The van der Waals surface area contributed by atoms with Crippen molar-refractivity contribution in [2.75, 3.05) is 0 Å². The van der Waals surface area contributed by atoms with Crippen molar-refractivity contribution in [3.63, 3.8) is 0 Å². The van der Waals surface area contributed by atoms with Gasteiger partial charge in [-0.15, -0.1) is 12.6 Å². The normalized spacial score (nSPS) is 11.3. The maximum atomic E-state index is 9.69. The topological polar surface area (TPSA) is 63.3 Å². The van der Waals surface area contributed by atoms with Crippen molar-refractivity contribution in [3.05, 3.63) is 11.1 Å². The maximum Gasteiger partial charge on any atom is 0.352 e. The number of hydrogen-bond acceptors (Lipinski definition) is 3. The summed E-state index contributed by atoms with van der Waals surface area (Å²) in [5, 5.41) is 8.97. The van der Waals surface area contributed by atoms with Crippen LogP contribution in [0.2, 0.25) is 0 Å². The third kappa shape index (κ3) is 2.11. The molecule has 0 spiro atoms. The minimum absolute atomic E-state index is 0.247. The Morgan fingerprint density at radius 3 is 2.29 bits per heavy atom. The third-order valence-corrected chi connectivity index (χ3v) is 0.664. The summed E-state index contributed by atoms with van der Waals surface area (Å²) in [5.41, 5.74) is 4.55. The van der Waals surface area contributed by atoms with E-state index in [0.29, 0.717) is 0 Å². The number of aliphatic carboxylic acids is 1. The van der Waals surface area contributed by atoms with E-state index in [4.69, 9.17) is 10.8 Å². The molecule has 0 aliphatic rings. The van der Waals surface area contributed by atoms with Crippen LogP contribution in [-0.2, 0) is 4.79 Å². The number of nitrogens with two attached hydrogens (primary N) is 1. The lowest BCUT2D eigenvalue weighted by atomic mass is 10.5. The molecule has 0 aromatic heterocycles. The maximum absolute atomic E-state index is 9.69. The van der Waals surface area contributed by atoms with Crippen LogP contribution < -0.4 is 5.73 Å². The van der Waals surface area contributed by atoms with Crippen molar-refractivity contribution >= 4 is 18.6 Å². The smallest absolute Gasteiger partial charge is 0.352 e. The van der Waals surface area contributed by atoms with E-state index < -0.39 is 5.97 Å². The Morgan fingerprint density at radius 2 is 2.29 bits per heavy atom. The number of rotatable bonds is 1. The molecule has 0 aliphatic carbocycles. The number of hydrogen-bond donors (Lipinski definition) is 3. The summed E-state index contributed by atoms with van der Waals surface area (Å²) in [6, 6.07) is 0. The second-order valence-corrected chi connectivity index (χ2v) is 1.15. The average molecular weight is 119 g/mol. The van der Waals surface area contributed by atoms with Gasteiger partial charge in [-0.25, -0.2) is 4.79 Å². The molecule has 3 N–H and O–H groups in total. The first-order valence-electron chi connectivity index (χ1n) is 1.51. The van der Waals surface area contributed by atoms with Crippen molar-refractivity contribution in [1.82, 2.24) is 0 Å². The molecule has 0 rings (SSSR count). The van der Waals surface area contributed by atoms with Crippen molar-refractivity contribution < 1.29 is 9.90 Å². The highest BCUT2D eigenvalue weighted by Gasteiger charge is 1.95. The molecular weight excluding hydrogens is 114 g/mol. The van der Waals surface area contributed by atoms with Gasteiger partial charge in [-0.1, -0.05) is 0 Å². The van der Waals surface area contributed by atoms with Gasteiger partial charge >= 0.3 is 5.97 Å². The van der Waals surface area contributed by atoms with Crippen LogP contribution in [0.25, 0.3) is 0 Å². The van der Waals surface area contributed by atoms with Crippen LogP contribution in [0.3, 0.4) is 0 Å². The molecule has 0 heterocycles. The molecule has 0 aromatic carbocycles. The van der Waals surface area contributed by atoms with Crippen molar-refractivity contribution in [1.29, 1.82) is 0 Å². The predicted octanol–water partition coefficient (Wildman–Crippen LogP) is -0.199. The van der Waals surface area contributed by atoms with E-state index in [0.717, 1.165) is 5.41 Å². The molecule has 0 unspecified atom stereocenters. The fourth-order valence-corrected chi connectivity index (χ4v) is 0.166. The highest BCUT2D eigenvalue weighted by molar-refractivity contribution is 7.83. The molecule has 0 atom stereocenters. The average Bonchev–Trinajstić information content (AvgIpc) is 1.65. The molecule has 0 saturated carbocycles. The van der Waals surface area contributed by atoms with Crippen molar-refractivity contribution in [2.45, 2.75) is 0 Å². The molecule has 0 aliphatic heterocycles. The van der Waals surface area contributed by atoms with Crippen LogP contribution >= 0.6 is 12.6 Å². The predicted molar refractivity (Wildman–Crippen MR) is 28.9 cm³/mol. The van der Waals surface area contributed by atoms with Crippen molar-refractivity contribution in [3.8, 4) is 0 Å². The number of carboxylic acid groups (broad SMARTS) is 1. The van der Waals surface area contributed by atoms with Gasteiger partial charge in [0.1, 0.15) is 5.70 Å². The molecule has 0 saturated heterocycles. The van der Waals surface area contributed by atoms with E-state index >= 15 is 0 Å². The zero-order valence-electron chi connectivity index (χ0n) is 3.46. The monoisotopic (exact) mass is 119 g/mol. The Kier molecular flexibility index (Phi) is 2.29. The van der Waals surface area contributed by atoms with Gasteiger partial charge in [-0.3, -0.25) is 0 Å². The standard InChI is InChI=1S/C3H5NO2S/c4-2(1-7)3(5)6/h1,7H,4H2,(H,5,6). The van der Waals surface area contributed by atoms with Crippen LogP contribution in [0, 0.1) is 0 Å². The lowest BCUT2D eigenvalue weighted by Gasteiger charge is -1.84. The summed E-state index contributed by atoms with van der Waals surface area (Å²) >= 11 is 3.49. The molecule has 4 heteroatoms. The van der Waals surface area contributed by atoms with E-state index in [-0.39, 0.29) is 5.70 Å². The lowest BCUT2D eigenvalue weighted by Crippen LogP contribution is -2.08. The molecule has 3 nitrogen and oxygen atoms in total. The largest absolute Gasteiger partial charge is 0.477 e. The highest BCUT2D eigenvalue weighted by atomic mass is 32.1. The molecule has 0 fully saturated rings. The first kappa shape index (κ1) is 6.36. The number of carboxylic acids is 1.